The molecule has 1 aliphatic heterocycles. The summed E-state index contributed by atoms with van der Waals surface area (Å²) in [6.07, 6.45) is 3.41. The molecule has 0 aliphatic carbocycles. The second kappa shape index (κ2) is 12.0. The van der Waals surface area contributed by atoms with Crippen LogP contribution in [0.3, 0.4) is 0 Å². The lowest BCUT2D eigenvalue weighted by molar-refractivity contribution is 0.0576. The van der Waals surface area contributed by atoms with Crippen LogP contribution in [0.15, 0.2) is 66.9 Å². The summed E-state index contributed by atoms with van der Waals surface area (Å²) in [4.78, 5) is 42.7. The van der Waals surface area contributed by atoms with Gasteiger partial charge in [0.2, 0.25) is 0 Å². The van der Waals surface area contributed by atoms with Gasteiger partial charge in [-0.1, -0.05) is 30.3 Å². The number of aromatic nitrogens is 2. The van der Waals surface area contributed by atoms with Crippen LogP contribution in [-0.2, 0) is 27.3 Å². The van der Waals surface area contributed by atoms with Gasteiger partial charge in [0.1, 0.15) is 5.65 Å². The monoisotopic (exact) mass is 542 g/mol. The van der Waals surface area contributed by atoms with Crippen molar-refractivity contribution in [3.8, 4) is 0 Å². The van der Waals surface area contributed by atoms with Gasteiger partial charge in [-0.15, -0.1) is 0 Å². The second-order valence-electron chi connectivity index (χ2n) is 9.42. The number of methoxy groups -OCH3 is 2. The zero-order chi connectivity index (χ0) is 28.1. The lowest BCUT2D eigenvalue weighted by Gasteiger charge is -2.14. The van der Waals surface area contributed by atoms with E-state index in [1.165, 1.54) is 14.2 Å². The number of carbonyl (C=O) groups is 3. The third-order valence-corrected chi connectivity index (χ3v) is 6.83. The number of nitrogens with zero attached hydrogens (tertiary/aromatic N) is 2. The van der Waals surface area contributed by atoms with Gasteiger partial charge in [-0.25, -0.2) is 14.6 Å². The van der Waals surface area contributed by atoms with Crippen LogP contribution in [0, 0.1) is 0 Å². The third kappa shape index (κ3) is 5.67. The average Bonchev–Trinajstić information content (AvgIpc) is 3.62. The summed E-state index contributed by atoms with van der Waals surface area (Å²) in [6.45, 7) is 1.52. The van der Waals surface area contributed by atoms with Crippen LogP contribution in [0.25, 0.3) is 11.0 Å². The van der Waals surface area contributed by atoms with E-state index in [9.17, 15) is 14.4 Å². The van der Waals surface area contributed by atoms with E-state index in [2.05, 4.69) is 15.6 Å². The fraction of sp³-hybridized carbons (Fsp3) is 0.267. The van der Waals surface area contributed by atoms with Crippen molar-refractivity contribution in [1.82, 2.24) is 9.55 Å². The molecule has 0 saturated carbocycles. The predicted octanol–water partition coefficient (Wildman–Crippen LogP) is 4.65. The average molecular weight is 543 g/mol. The van der Waals surface area contributed by atoms with E-state index in [0.717, 1.165) is 18.4 Å². The summed E-state index contributed by atoms with van der Waals surface area (Å²) in [5.74, 6) is -1.33. The van der Waals surface area contributed by atoms with E-state index in [4.69, 9.17) is 14.2 Å². The highest BCUT2D eigenvalue weighted by atomic mass is 16.5. The Morgan fingerprint density at radius 3 is 2.42 bits per heavy atom. The number of nitrogens with one attached hydrogen (secondary N) is 2. The minimum Gasteiger partial charge on any atom is -0.465 e. The molecule has 0 radical (unpaired) electrons. The Bertz CT molecular complexity index is 1530. The molecule has 10 heteroatoms. The molecule has 206 valence electrons. The summed E-state index contributed by atoms with van der Waals surface area (Å²) in [7, 11) is 2.66. The molecule has 2 N–H and O–H groups in total. The van der Waals surface area contributed by atoms with Crippen molar-refractivity contribution in [1.29, 1.82) is 0 Å². The van der Waals surface area contributed by atoms with Gasteiger partial charge in [0, 0.05) is 24.1 Å². The highest BCUT2D eigenvalue weighted by Crippen LogP contribution is 2.34. The quantitative estimate of drug-likeness (QED) is 0.293. The van der Waals surface area contributed by atoms with Crippen LogP contribution >= 0.6 is 0 Å². The molecule has 5 rings (SSSR count). The van der Waals surface area contributed by atoms with Crippen molar-refractivity contribution >= 4 is 40.3 Å². The summed E-state index contributed by atoms with van der Waals surface area (Å²) in [6, 6.07) is 17.7. The summed E-state index contributed by atoms with van der Waals surface area (Å²) >= 11 is 0. The number of carbonyl (C=O) groups excluding carboxylic acids is 3. The Labute approximate surface area is 231 Å². The molecular formula is C30H30N4O6. The molecule has 2 aromatic carbocycles. The maximum absolute atomic E-state index is 13.2. The van der Waals surface area contributed by atoms with Crippen molar-refractivity contribution in [3.05, 3.63) is 89.2 Å². The predicted molar refractivity (Wildman–Crippen MR) is 150 cm³/mol. The highest BCUT2D eigenvalue weighted by Gasteiger charge is 2.29. The number of rotatable bonds is 9. The van der Waals surface area contributed by atoms with Gasteiger partial charge >= 0.3 is 11.9 Å². The number of benzene rings is 2. The van der Waals surface area contributed by atoms with Gasteiger partial charge in [-0.3, -0.25) is 4.79 Å². The molecule has 1 atom stereocenters. The number of pyridine rings is 1. The van der Waals surface area contributed by atoms with Gasteiger partial charge < -0.3 is 29.4 Å². The van der Waals surface area contributed by atoms with Crippen LogP contribution in [0.5, 0.6) is 0 Å². The van der Waals surface area contributed by atoms with E-state index in [0.29, 0.717) is 53.2 Å². The molecule has 1 unspecified atom stereocenters. The van der Waals surface area contributed by atoms with E-state index < -0.39 is 11.9 Å². The van der Waals surface area contributed by atoms with E-state index in [1.807, 2.05) is 24.3 Å². The topological polar surface area (TPSA) is 121 Å². The van der Waals surface area contributed by atoms with E-state index in [1.54, 1.807) is 47.2 Å². The summed E-state index contributed by atoms with van der Waals surface area (Å²) in [5.41, 5.74) is 3.62. The first-order chi connectivity index (χ1) is 19.5. The third-order valence-electron chi connectivity index (χ3n) is 6.83. The van der Waals surface area contributed by atoms with Crippen LogP contribution in [0.2, 0.25) is 0 Å². The van der Waals surface area contributed by atoms with Crippen molar-refractivity contribution in [2.24, 2.45) is 0 Å². The van der Waals surface area contributed by atoms with Crippen LogP contribution in [0.4, 0.5) is 11.4 Å². The highest BCUT2D eigenvalue weighted by molar-refractivity contribution is 6.14. The molecular weight excluding hydrogens is 512 g/mol. The Morgan fingerprint density at radius 2 is 1.75 bits per heavy atom. The van der Waals surface area contributed by atoms with Crippen LogP contribution < -0.4 is 10.6 Å². The first kappa shape index (κ1) is 26.9. The number of amides is 1. The maximum atomic E-state index is 13.2. The number of esters is 2. The summed E-state index contributed by atoms with van der Waals surface area (Å²) < 4.78 is 17.5. The zero-order valence-corrected chi connectivity index (χ0v) is 22.3. The zero-order valence-electron chi connectivity index (χ0n) is 22.3. The van der Waals surface area contributed by atoms with Crippen LogP contribution in [0.1, 0.15) is 49.6 Å². The van der Waals surface area contributed by atoms with Gasteiger partial charge in [-0.05, 0) is 48.7 Å². The fourth-order valence-electron chi connectivity index (χ4n) is 4.78. The Hall–Kier alpha value is -4.70. The molecule has 4 aromatic rings. The Balaban J connectivity index is 1.51. The van der Waals surface area contributed by atoms with Gasteiger partial charge in [-0.2, -0.15) is 0 Å². The van der Waals surface area contributed by atoms with Crippen LogP contribution in [-0.4, -0.2) is 54.3 Å². The van der Waals surface area contributed by atoms with Gasteiger partial charge in [0.15, 0.2) is 5.69 Å². The van der Waals surface area contributed by atoms with Crippen molar-refractivity contribution in [3.63, 3.8) is 0 Å². The fourth-order valence-corrected chi connectivity index (χ4v) is 4.78. The van der Waals surface area contributed by atoms with E-state index >= 15 is 0 Å². The molecule has 40 heavy (non-hydrogen) atoms. The van der Waals surface area contributed by atoms with Crippen molar-refractivity contribution in [2.75, 3.05) is 31.5 Å². The SMILES string of the molecule is COC(=O)c1ccc(CNc2cnc3c(c2)c(NC(=O)c2ccccc2)c(C(=O)OC)n3CC2CCCO2)cc1. The van der Waals surface area contributed by atoms with Crippen molar-refractivity contribution in [2.45, 2.75) is 32.0 Å². The normalized spacial score (nSPS) is 14.6. The first-order valence-electron chi connectivity index (χ1n) is 13.0. The smallest absolute Gasteiger partial charge is 0.356 e. The standard InChI is InChI=1S/C30H30N4O6/c1-38-29(36)21-12-10-19(11-13-21)16-31-22-15-24-25(33-28(35)20-7-4-3-5-8-20)26(30(37)39-2)34(27(24)32-17-22)18-23-9-6-14-40-23/h3-5,7-8,10-13,15,17,23,31H,6,9,14,16,18H2,1-2H3,(H,33,35). The minimum atomic E-state index is -0.584. The number of hydrogen-bond acceptors (Lipinski definition) is 8. The van der Waals surface area contributed by atoms with Gasteiger partial charge in [0.05, 0.1) is 50.0 Å². The molecule has 1 fully saturated rings. The molecule has 1 saturated heterocycles. The van der Waals surface area contributed by atoms with Crippen molar-refractivity contribution < 1.29 is 28.6 Å². The first-order valence-corrected chi connectivity index (χ1v) is 13.0. The molecule has 0 bridgehead atoms. The number of ether oxygens (including phenoxy) is 3. The minimum absolute atomic E-state index is 0.0794. The van der Waals surface area contributed by atoms with E-state index in [-0.39, 0.29) is 17.7 Å². The molecule has 3 heterocycles. The molecule has 1 aliphatic rings. The molecule has 2 aromatic heterocycles. The number of hydrogen-bond donors (Lipinski definition) is 2. The second-order valence-corrected chi connectivity index (χ2v) is 9.42. The number of fused-ring (bicyclic) bond motifs is 1. The number of anilines is 2. The molecule has 10 nitrogen and oxygen atoms in total. The summed E-state index contributed by atoms with van der Waals surface area (Å²) in [5, 5.41) is 6.86. The molecule has 1 amide bonds. The molecule has 0 spiro atoms. The lowest BCUT2D eigenvalue weighted by Crippen LogP contribution is -2.21. The largest absolute Gasteiger partial charge is 0.465 e. The maximum Gasteiger partial charge on any atom is 0.356 e. The Morgan fingerprint density at radius 1 is 1.00 bits per heavy atom. The van der Waals surface area contributed by atoms with Gasteiger partial charge in [0.25, 0.3) is 5.91 Å². The lowest BCUT2D eigenvalue weighted by atomic mass is 10.1. The Kier molecular flexibility index (Phi) is 8.07.